The molecule has 3 heterocycles. The smallest absolute Gasteiger partial charge is 0.0547 e. The average molecular weight is 304 g/mol. The van der Waals surface area contributed by atoms with E-state index in [0.29, 0.717) is 11.3 Å². The van der Waals surface area contributed by atoms with Gasteiger partial charge in [-0.3, -0.25) is 9.88 Å². The zero-order valence-corrected chi connectivity index (χ0v) is 13.9. The molecule has 1 spiro atoms. The van der Waals surface area contributed by atoms with Crippen molar-refractivity contribution in [3.05, 3.63) is 29.6 Å². The van der Waals surface area contributed by atoms with Crippen LogP contribution in [-0.2, 0) is 16.0 Å². The van der Waals surface area contributed by atoms with Crippen LogP contribution in [0.25, 0.3) is 0 Å². The van der Waals surface area contributed by atoms with E-state index in [4.69, 9.17) is 9.47 Å². The molecule has 4 heteroatoms. The number of ether oxygens (including phenoxy) is 2. The van der Waals surface area contributed by atoms with Crippen LogP contribution in [0.2, 0.25) is 0 Å². The maximum atomic E-state index is 5.69. The van der Waals surface area contributed by atoms with Crippen LogP contribution in [0.15, 0.2) is 18.2 Å². The monoisotopic (exact) mass is 304 g/mol. The quantitative estimate of drug-likeness (QED) is 0.856. The van der Waals surface area contributed by atoms with Crippen molar-refractivity contribution in [1.29, 1.82) is 0 Å². The molecule has 122 valence electrons. The highest BCUT2D eigenvalue weighted by atomic mass is 16.5. The lowest BCUT2D eigenvalue weighted by Crippen LogP contribution is -2.49. The van der Waals surface area contributed by atoms with Gasteiger partial charge < -0.3 is 9.47 Å². The summed E-state index contributed by atoms with van der Waals surface area (Å²) in [4.78, 5) is 7.18. The SMILES string of the molecule is COC[C@H]1COCCC12CCN(Cc1cccc(C)n1)CC2. The van der Waals surface area contributed by atoms with Gasteiger partial charge in [0.1, 0.15) is 0 Å². The largest absolute Gasteiger partial charge is 0.384 e. The molecule has 0 aromatic carbocycles. The van der Waals surface area contributed by atoms with Crippen molar-refractivity contribution >= 4 is 0 Å². The number of methoxy groups -OCH3 is 1. The lowest BCUT2D eigenvalue weighted by Gasteiger charge is -2.48. The van der Waals surface area contributed by atoms with Gasteiger partial charge in [-0.1, -0.05) is 6.07 Å². The molecule has 3 rings (SSSR count). The van der Waals surface area contributed by atoms with Gasteiger partial charge in [0.05, 0.1) is 18.9 Å². The van der Waals surface area contributed by atoms with Crippen LogP contribution in [0.1, 0.15) is 30.7 Å². The number of hydrogen-bond donors (Lipinski definition) is 0. The molecule has 2 aliphatic rings. The first-order chi connectivity index (χ1) is 10.7. The summed E-state index contributed by atoms with van der Waals surface area (Å²) in [5, 5.41) is 0. The summed E-state index contributed by atoms with van der Waals surface area (Å²) in [5.41, 5.74) is 2.73. The minimum Gasteiger partial charge on any atom is -0.384 e. The molecule has 0 saturated carbocycles. The van der Waals surface area contributed by atoms with Crippen molar-refractivity contribution in [2.24, 2.45) is 11.3 Å². The Morgan fingerprint density at radius 3 is 2.86 bits per heavy atom. The lowest BCUT2D eigenvalue weighted by atomic mass is 9.66. The van der Waals surface area contributed by atoms with Crippen LogP contribution in [0.4, 0.5) is 0 Å². The Balaban J connectivity index is 1.59. The van der Waals surface area contributed by atoms with Gasteiger partial charge in [-0.05, 0) is 56.8 Å². The first-order valence-corrected chi connectivity index (χ1v) is 8.43. The second-order valence-electron chi connectivity index (χ2n) is 6.89. The van der Waals surface area contributed by atoms with Gasteiger partial charge in [-0.2, -0.15) is 0 Å². The van der Waals surface area contributed by atoms with Crippen LogP contribution in [0.3, 0.4) is 0 Å². The summed E-state index contributed by atoms with van der Waals surface area (Å²) in [6.07, 6.45) is 3.71. The summed E-state index contributed by atoms with van der Waals surface area (Å²) < 4.78 is 11.1. The van der Waals surface area contributed by atoms with Gasteiger partial charge in [0.15, 0.2) is 0 Å². The molecule has 0 N–H and O–H groups in total. The second kappa shape index (κ2) is 7.07. The molecule has 2 aliphatic heterocycles. The van der Waals surface area contributed by atoms with E-state index < -0.39 is 0 Å². The van der Waals surface area contributed by atoms with Crippen LogP contribution in [-0.4, -0.2) is 49.9 Å². The number of rotatable bonds is 4. The third-order valence-corrected chi connectivity index (χ3v) is 5.48. The third kappa shape index (κ3) is 3.50. The zero-order valence-electron chi connectivity index (χ0n) is 13.9. The number of likely N-dealkylation sites (tertiary alicyclic amines) is 1. The Kier molecular flexibility index (Phi) is 5.11. The van der Waals surface area contributed by atoms with E-state index in [1.54, 1.807) is 7.11 Å². The highest BCUT2D eigenvalue weighted by Crippen LogP contribution is 2.44. The molecule has 1 aromatic rings. The zero-order chi connectivity index (χ0) is 15.4. The number of hydrogen-bond acceptors (Lipinski definition) is 4. The van der Waals surface area contributed by atoms with Crippen LogP contribution >= 0.6 is 0 Å². The Hall–Kier alpha value is -0.970. The Morgan fingerprint density at radius 1 is 1.32 bits per heavy atom. The van der Waals surface area contributed by atoms with Gasteiger partial charge in [0.2, 0.25) is 0 Å². The van der Waals surface area contributed by atoms with E-state index in [9.17, 15) is 0 Å². The highest BCUT2D eigenvalue weighted by Gasteiger charge is 2.43. The Labute approximate surface area is 133 Å². The van der Waals surface area contributed by atoms with E-state index in [2.05, 4.69) is 35.0 Å². The first kappa shape index (κ1) is 15.9. The van der Waals surface area contributed by atoms with Crippen LogP contribution in [0.5, 0.6) is 0 Å². The van der Waals surface area contributed by atoms with Crippen molar-refractivity contribution in [1.82, 2.24) is 9.88 Å². The molecule has 1 atom stereocenters. The maximum Gasteiger partial charge on any atom is 0.0547 e. The first-order valence-electron chi connectivity index (χ1n) is 8.43. The number of aromatic nitrogens is 1. The van der Waals surface area contributed by atoms with E-state index in [0.717, 1.165) is 45.1 Å². The van der Waals surface area contributed by atoms with Gasteiger partial charge >= 0.3 is 0 Å². The van der Waals surface area contributed by atoms with Gasteiger partial charge in [0, 0.05) is 31.9 Å². The average Bonchev–Trinajstić information content (AvgIpc) is 2.52. The summed E-state index contributed by atoms with van der Waals surface area (Å²) in [7, 11) is 1.81. The molecule has 0 radical (unpaired) electrons. The fourth-order valence-electron chi connectivity index (χ4n) is 4.04. The number of nitrogens with zero attached hydrogens (tertiary/aromatic N) is 2. The maximum absolute atomic E-state index is 5.69. The number of piperidine rings is 1. The summed E-state index contributed by atoms with van der Waals surface area (Å²) in [6.45, 7) is 7.98. The number of aryl methyl sites for hydroxylation is 1. The molecule has 22 heavy (non-hydrogen) atoms. The molecular weight excluding hydrogens is 276 g/mol. The molecular formula is C18H28N2O2. The highest BCUT2D eigenvalue weighted by molar-refractivity contribution is 5.10. The fourth-order valence-corrected chi connectivity index (χ4v) is 4.04. The molecule has 0 unspecified atom stereocenters. The molecule has 0 bridgehead atoms. The normalized spacial score (nSPS) is 25.5. The van der Waals surface area contributed by atoms with E-state index in [1.807, 2.05) is 0 Å². The number of pyridine rings is 1. The Morgan fingerprint density at radius 2 is 2.14 bits per heavy atom. The topological polar surface area (TPSA) is 34.6 Å². The van der Waals surface area contributed by atoms with Crippen LogP contribution in [0, 0.1) is 18.3 Å². The van der Waals surface area contributed by atoms with Crippen molar-refractivity contribution < 1.29 is 9.47 Å². The van der Waals surface area contributed by atoms with Crippen molar-refractivity contribution in [3.8, 4) is 0 Å². The Bertz CT molecular complexity index is 482. The molecule has 0 amide bonds. The van der Waals surface area contributed by atoms with E-state index >= 15 is 0 Å². The van der Waals surface area contributed by atoms with Crippen molar-refractivity contribution in [3.63, 3.8) is 0 Å². The molecule has 0 aliphatic carbocycles. The summed E-state index contributed by atoms with van der Waals surface area (Å²) in [5.74, 6) is 0.561. The van der Waals surface area contributed by atoms with Crippen molar-refractivity contribution in [2.75, 3.05) is 40.0 Å². The molecule has 2 saturated heterocycles. The predicted molar refractivity (Wildman–Crippen MR) is 86.7 cm³/mol. The molecule has 1 aromatic heterocycles. The lowest BCUT2D eigenvalue weighted by molar-refractivity contribution is -0.0951. The van der Waals surface area contributed by atoms with E-state index in [1.165, 1.54) is 25.0 Å². The van der Waals surface area contributed by atoms with Crippen LogP contribution < -0.4 is 0 Å². The van der Waals surface area contributed by atoms with Crippen molar-refractivity contribution in [2.45, 2.75) is 32.7 Å². The third-order valence-electron chi connectivity index (χ3n) is 5.48. The van der Waals surface area contributed by atoms with Gasteiger partial charge in [0.25, 0.3) is 0 Å². The molecule has 4 nitrogen and oxygen atoms in total. The minimum atomic E-state index is 0.435. The fraction of sp³-hybridized carbons (Fsp3) is 0.722. The minimum absolute atomic E-state index is 0.435. The summed E-state index contributed by atoms with van der Waals surface area (Å²) in [6, 6.07) is 6.31. The standard InChI is InChI=1S/C18H28N2O2/c1-15-4-3-5-17(19-15)12-20-9-6-18(7-10-20)8-11-22-14-16(18)13-21-2/h3-5,16H,6-14H2,1-2H3/t16-/m0/s1. The van der Waals surface area contributed by atoms with Gasteiger partial charge in [-0.25, -0.2) is 0 Å². The second-order valence-corrected chi connectivity index (χ2v) is 6.89. The molecule has 2 fully saturated rings. The predicted octanol–water partition coefficient (Wildman–Crippen LogP) is 2.66. The van der Waals surface area contributed by atoms with Gasteiger partial charge in [-0.15, -0.1) is 0 Å². The van der Waals surface area contributed by atoms with E-state index in [-0.39, 0.29) is 0 Å². The summed E-state index contributed by atoms with van der Waals surface area (Å²) >= 11 is 0.